The maximum Gasteiger partial charge on any atom is 0.0782 e. The topological polar surface area (TPSA) is 12.0 Å². The summed E-state index contributed by atoms with van der Waals surface area (Å²) in [5.41, 5.74) is 5.19. The molecule has 0 aromatic rings. The Labute approximate surface area is 173 Å². The first-order valence-electron chi connectivity index (χ1n) is 12.0. The summed E-state index contributed by atoms with van der Waals surface area (Å²) in [6, 6.07) is 0.633. The van der Waals surface area contributed by atoms with Crippen LogP contribution < -0.4 is 5.32 Å². The number of hydrogen-bond acceptors (Lipinski definition) is 1. The number of hydrogen-bond donors (Lipinski definition) is 1. The summed E-state index contributed by atoms with van der Waals surface area (Å²) >= 11 is 0. The van der Waals surface area contributed by atoms with Crippen LogP contribution in [0.4, 0.5) is 0 Å². The van der Waals surface area contributed by atoms with E-state index in [0.717, 1.165) is 12.3 Å². The molecular weight excluding hydrogens is 338 g/mol. The smallest absolute Gasteiger partial charge is 0.0782 e. The maximum atomic E-state index is 4.07. The highest BCUT2D eigenvalue weighted by Crippen LogP contribution is 2.43. The van der Waals surface area contributed by atoms with Crippen LogP contribution in [0.25, 0.3) is 0 Å². The predicted molar refractivity (Wildman–Crippen MR) is 120 cm³/mol. The lowest BCUT2D eigenvalue weighted by atomic mass is 9.75. The van der Waals surface area contributed by atoms with Gasteiger partial charge >= 0.3 is 0 Å². The zero-order chi connectivity index (χ0) is 19.4. The van der Waals surface area contributed by atoms with Crippen molar-refractivity contribution in [2.24, 2.45) is 17.3 Å². The van der Waals surface area contributed by atoms with Crippen LogP contribution in [0.2, 0.25) is 0 Å². The second-order valence-electron chi connectivity index (χ2n) is 10.2. The lowest BCUT2D eigenvalue weighted by Crippen LogP contribution is -2.32. The van der Waals surface area contributed by atoms with Gasteiger partial charge < -0.3 is 5.32 Å². The van der Waals surface area contributed by atoms with Crippen molar-refractivity contribution < 1.29 is 0 Å². The molecule has 0 spiro atoms. The summed E-state index contributed by atoms with van der Waals surface area (Å²) in [7, 11) is 0. The van der Waals surface area contributed by atoms with Crippen molar-refractivity contribution in [3.05, 3.63) is 35.1 Å². The van der Waals surface area contributed by atoms with Crippen molar-refractivity contribution in [1.29, 1.82) is 0 Å². The fourth-order valence-electron chi connectivity index (χ4n) is 5.36. The monoisotopic (exact) mass is 377 g/mol. The summed E-state index contributed by atoms with van der Waals surface area (Å²) in [6.45, 7) is 4.92. The van der Waals surface area contributed by atoms with E-state index in [1.807, 2.05) is 0 Å². The van der Waals surface area contributed by atoms with Gasteiger partial charge in [-0.25, -0.2) is 0 Å². The molecule has 4 atom stereocenters. The van der Waals surface area contributed by atoms with Gasteiger partial charge in [0.25, 0.3) is 0 Å². The number of allylic oxidation sites excluding steroid dienone is 5. The van der Waals surface area contributed by atoms with Crippen LogP contribution in [0.5, 0.6) is 0 Å². The van der Waals surface area contributed by atoms with Crippen molar-refractivity contribution in [3.8, 4) is 11.8 Å². The Hall–Kier alpha value is -1.42. The third-order valence-electron chi connectivity index (χ3n) is 7.54. The van der Waals surface area contributed by atoms with E-state index in [-0.39, 0.29) is 0 Å². The Bertz CT molecular complexity index is 712. The number of nitrogens with one attached hydrogen (secondary N) is 1. The van der Waals surface area contributed by atoms with E-state index in [4.69, 9.17) is 0 Å². The molecule has 0 saturated heterocycles. The molecule has 4 aliphatic rings. The zero-order valence-electron chi connectivity index (χ0n) is 18.2. The van der Waals surface area contributed by atoms with Gasteiger partial charge in [0.15, 0.2) is 0 Å². The van der Waals surface area contributed by atoms with Crippen LogP contribution in [-0.4, -0.2) is 6.04 Å². The molecule has 1 aliphatic heterocycles. The van der Waals surface area contributed by atoms with Gasteiger partial charge in [0.2, 0.25) is 0 Å². The molecule has 0 aromatic heterocycles. The molecular formula is C27H39N. The second-order valence-corrected chi connectivity index (χ2v) is 10.2. The Morgan fingerprint density at radius 3 is 2.79 bits per heavy atom. The first-order chi connectivity index (χ1) is 13.6. The Kier molecular flexibility index (Phi) is 6.35. The maximum absolute atomic E-state index is 4.07. The van der Waals surface area contributed by atoms with Gasteiger partial charge in [0.1, 0.15) is 0 Å². The van der Waals surface area contributed by atoms with E-state index in [0.29, 0.717) is 17.4 Å². The molecule has 0 radical (unpaired) electrons. The molecule has 4 rings (SSSR count). The van der Waals surface area contributed by atoms with Crippen molar-refractivity contribution in [2.75, 3.05) is 0 Å². The average Bonchev–Trinajstić information content (AvgIpc) is 3.41. The second kappa shape index (κ2) is 8.94. The van der Waals surface area contributed by atoms with Gasteiger partial charge in [-0.3, -0.25) is 0 Å². The fourth-order valence-corrected chi connectivity index (χ4v) is 5.36. The number of fused-ring (bicyclic) bond motifs is 5. The first kappa shape index (κ1) is 19.9. The van der Waals surface area contributed by atoms with Crippen LogP contribution >= 0.6 is 0 Å². The molecule has 4 bridgehead atoms. The van der Waals surface area contributed by atoms with E-state index in [1.165, 1.54) is 82.7 Å². The Morgan fingerprint density at radius 1 is 1.07 bits per heavy atom. The summed E-state index contributed by atoms with van der Waals surface area (Å²) in [4.78, 5) is 0. The summed E-state index contributed by atoms with van der Waals surface area (Å²) in [5, 5.41) is 4.07. The largest absolute Gasteiger partial charge is 0.384 e. The third-order valence-corrected chi connectivity index (χ3v) is 7.54. The van der Waals surface area contributed by atoms with Crippen LogP contribution in [0.15, 0.2) is 35.1 Å². The lowest BCUT2D eigenvalue weighted by molar-refractivity contribution is 0.257. The standard InChI is InChI=1S/C27H39N/c1-21-19-25(21)26-23-12-9-11-22(20-23)15-18-27(2)16-8-6-4-3-5-7-13-24(28-26)14-10-17-27/h6,8,20-21,23-24,28H,3-5,7,10-11,13-19H2,1-2H3/b8-6?,26-25+. The molecule has 152 valence electrons. The molecule has 1 heteroatoms. The lowest BCUT2D eigenvalue weighted by Gasteiger charge is -2.32. The van der Waals surface area contributed by atoms with Crippen LogP contribution in [0.3, 0.4) is 0 Å². The molecule has 1 N–H and O–H groups in total. The minimum atomic E-state index is 0.326. The summed E-state index contributed by atoms with van der Waals surface area (Å²) < 4.78 is 0. The van der Waals surface area contributed by atoms with Gasteiger partial charge in [-0.2, -0.15) is 0 Å². The summed E-state index contributed by atoms with van der Waals surface area (Å²) in [6.07, 6.45) is 24.3. The molecule has 1 saturated carbocycles. The molecule has 1 nitrogen and oxygen atoms in total. The van der Waals surface area contributed by atoms with Gasteiger partial charge in [-0.15, -0.1) is 0 Å². The normalized spacial score (nSPS) is 39.1. The Balaban J connectivity index is 1.64. The van der Waals surface area contributed by atoms with Crippen molar-refractivity contribution in [2.45, 2.75) is 103 Å². The first-order valence-corrected chi connectivity index (χ1v) is 12.0. The molecule has 3 aliphatic carbocycles. The number of rotatable bonds is 0. The van der Waals surface area contributed by atoms with Crippen LogP contribution in [-0.2, 0) is 0 Å². The average molecular weight is 378 g/mol. The molecule has 0 amide bonds. The quantitative estimate of drug-likeness (QED) is 0.351. The van der Waals surface area contributed by atoms with Gasteiger partial charge in [-0.05, 0) is 74.7 Å². The minimum absolute atomic E-state index is 0.326. The highest BCUT2D eigenvalue weighted by atomic mass is 14.9. The minimum Gasteiger partial charge on any atom is -0.384 e. The molecule has 1 fully saturated rings. The van der Waals surface area contributed by atoms with Crippen LogP contribution in [0.1, 0.15) is 97.3 Å². The molecule has 1 heterocycles. The Morgan fingerprint density at radius 2 is 1.93 bits per heavy atom. The van der Waals surface area contributed by atoms with Crippen molar-refractivity contribution >= 4 is 0 Å². The van der Waals surface area contributed by atoms with Crippen molar-refractivity contribution in [3.63, 3.8) is 0 Å². The zero-order valence-corrected chi connectivity index (χ0v) is 18.2. The van der Waals surface area contributed by atoms with Gasteiger partial charge in [0, 0.05) is 18.2 Å². The highest BCUT2D eigenvalue weighted by molar-refractivity contribution is 5.40. The van der Waals surface area contributed by atoms with Gasteiger partial charge in [-0.1, -0.05) is 68.8 Å². The van der Waals surface area contributed by atoms with E-state index >= 15 is 0 Å². The SMILES string of the molecule is CC1C/C1=C1\NC2CCCCCC=CCC(C)(CCC2)CCC2=CC1C#CC2. The third kappa shape index (κ3) is 5.14. The molecule has 28 heavy (non-hydrogen) atoms. The van der Waals surface area contributed by atoms with E-state index in [2.05, 4.69) is 49.2 Å². The van der Waals surface area contributed by atoms with Crippen molar-refractivity contribution in [1.82, 2.24) is 5.32 Å². The van der Waals surface area contributed by atoms with E-state index < -0.39 is 0 Å². The van der Waals surface area contributed by atoms with Crippen LogP contribution in [0, 0.1) is 29.1 Å². The molecule has 0 aromatic carbocycles. The van der Waals surface area contributed by atoms with E-state index in [9.17, 15) is 0 Å². The highest BCUT2D eigenvalue weighted by Gasteiger charge is 2.33. The summed E-state index contributed by atoms with van der Waals surface area (Å²) in [5.74, 6) is 8.17. The molecule has 4 unspecified atom stereocenters. The predicted octanol–water partition coefficient (Wildman–Crippen LogP) is 7.07. The van der Waals surface area contributed by atoms with Gasteiger partial charge in [0.05, 0.1) is 5.92 Å². The van der Waals surface area contributed by atoms with E-state index in [1.54, 1.807) is 11.1 Å². The fraction of sp³-hybridized carbons (Fsp3) is 0.704.